The predicted molar refractivity (Wildman–Crippen MR) is 126 cm³/mol. The first-order chi connectivity index (χ1) is 15.1. The van der Waals surface area contributed by atoms with Gasteiger partial charge in [-0.25, -0.2) is 17.8 Å². The normalized spacial score (nSPS) is 11.8. The molecule has 2 N–H and O–H groups in total. The van der Waals surface area contributed by atoms with E-state index in [1.165, 1.54) is 35.9 Å². The zero-order valence-corrected chi connectivity index (χ0v) is 19.3. The van der Waals surface area contributed by atoms with Gasteiger partial charge < -0.3 is 5.32 Å². The molecule has 0 fully saturated rings. The summed E-state index contributed by atoms with van der Waals surface area (Å²) < 4.78 is 28.4. The number of rotatable bonds is 8. The van der Waals surface area contributed by atoms with Crippen molar-refractivity contribution in [2.75, 3.05) is 11.9 Å². The lowest BCUT2D eigenvalue weighted by Crippen LogP contribution is -2.23. The molecule has 2 aromatic carbocycles. The van der Waals surface area contributed by atoms with E-state index in [1.807, 2.05) is 0 Å². The molecule has 7 nitrogen and oxygen atoms in total. The van der Waals surface area contributed by atoms with Crippen molar-refractivity contribution in [1.82, 2.24) is 14.5 Å². The Hall–Kier alpha value is -3.23. The van der Waals surface area contributed by atoms with Gasteiger partial charge in [0, 0.05) is 18.2 Å². The fraction of sp³-hybridized carbons (Fsp3) is 0.250. The molecule has 32 heavy (non-hydrogen) atoms. The van der Waals surface area contributed by atoms with Crippen molar-refractivity contribution in [3.05, 3.63) is 90.1 Å². The summed E-state index contributed by atoms with van der Waals surface area (Å²) in [6, 6.07) is 15.8. The van der Waals surface area contributed by atoms with E-state index in [2.05, 4.69) is 66.8 Å². The Morgan fingerprint density at radius 1 is 1.06 bits per heavy atom. The highest BCUT2D eigenvalue weighted by atomic mass is 32.2. The molecular weight excluding hydrogens is 424 g/mol. The average molecular weight is 453 g/mol. The van der Waals surface area contributed by atoms with Crippen LogP contribution in [0.3, 0.4) is 0 Å². The van der Waals surface area contributed by atoms with E-state index >= 15 is 0 Å². The predicted octanol–water partition coefficient (Wildman–Crippen LogP) is 3.95. The second-order valence-corrected chi connectivity index (χ2v) is 10.2. The van der Waals surface area contributed by atoms with E-state index in [1.54, 1.807) is 16.9 Å². The van der Waals surface area contributed by atoms with Gasteiger partial charge in [0.25, 0.3) is 5.91 Å². The lowest BCUT2D eigenvalue weighted by atomic mass is 9.87. The molecular formula is C24H28N4O3S. The van der Waals surface area contributed by atoms with Crippen LogP contribution >= 0.6 is 0 Å². The Morgan fingerprint density at radius 2 is 1.72 bits per heavy atom. The van der Waals surface area contributed by atoms with E-state index in [4.69, 9.17) is 0 Å². The van der Waals surface area contributed by atoms with Gasteiger partial charge in [0.05, 0.1) is 17.6 Å². The minimum Gasteiger partial charge on any atom is -0.307 e. The number of hydrogen-bond donors (Lipinski definition) is 2. The van der Waals surface area contributed by atoms with Crippen LogP contribution in [0.5, 0.6) is 0 Å². The molecule has 168 valence electrons. The van der Waals surface area contributed by atoms with Gasteiger partial charge in [-0.05, 0) is 40.8 Å². The molecule has 0 unspecified atom stereocenters. The Bertz CT molecular complexity index is 1190. The molecule has 0 bridgehead atoms. The number of carbonyl (C=O) groups excluding carboxylic acids is 1. The summed E-state index contributed by atoms with van der Waals surface area (Å²) in [6.07, 6.45) is 3.08. The van der Waals surface area contributed by atoms with E-state index in [-0.39, 0.29) is 22.8 Å². The summed E-state index contributed by atoms with van der Waals surface area (Å²) >= 11 is 0. The number of carbonyl (C=O) groups is 1. The van der Waals surface area contributed by atoms with Crippen molar-refractivity contribution < 1.29 is 13.2 Å². The number of nitrogens with one attached hydrogen (secondary N) is 2. The molecule has 8 heteroatoms. The summed E-state index contributed by atoms with van der Waals surface area (Å²) in [6.45, 7) is 10.6. The number of aromatic nitrogens is 2. The molecule has 0 saturated carbocycles. The van der Waals surface area contributed by atoms with Crippen molar-refractivity contribution in [2.45, 2.75) is 37.6 Å². The Labute approximate surface area is 189 Å². The molecule has 1 heterocycles. The molecule has 1 amide bonds. The summed E-state index contributed by atoms with van der Waals surface area (Å²) in [5.74, 6) is 0.206. The van der Waals surface area contributed by atoms with Crippen molar-refractivity contribution in [3.63, 3.8) is 0 Å². The molecule has 1 aromatic heterocycles. The van der Waals surface area contributed by atoms with Gasteiger partial charge >= 0.3 is 0 Å². The molecule has 0 atom stereocenters. The second-order valence-electron chi connectivity index (χ2n) is 8.44. The Morgan fingerprint density at radius 3 is 2.31 bits per heavy atom. The monoisotopic (exact) mass is 452 g/mol. The van der Waals surface area contributed by atoms with Gasteiger partial charge in [-0.1, -0.05) is 51.1 Å². The zero-order chi connectivity index (χ0) is 23.4. The first kappa shape index (κ1) is 23.4. The number of anilines is 1. The standard InChI is InChI=1S/C24H28N4O3S/c1-5-15-26-32(30,31)21-12-8-19(9-13-21)23(29)27-22-14-16-25-28(22)17-18-6-10-20(11-7-18)24(2,3)4/h5-14,16,26H,1,15,17H2,2-4H3,(H,27,29). The summed E-state index contributed by atoms with van der Waals surface area (Å²) in [5.41, 5.74) is 2.74. The highest BCUT2D eigenvalue weighted by Crippen LogP contribution is 2.23. The lowest BCUT2D eigenvalue weighted by molar-refractivity contribution is 0.102. The largest absolute Gasteiger partial charge is 0.307 e. The maximum absolute atomic E-state index is 12.7. The van der Waals surface area contributed by atoms with Gasteiger partial charge in [0.15, 0.2) is 0 Å². The molecule has 0 saturated heterocycles. The molecule has 0 aliphatic carbocycles. The van der Waals surface area contributed by atoms with Crippen molar-refractivity contribution in [1.29, 1.82) is 0 Å². The molecule has 0 aliphatic heterocycles. The van der Waals surface area contributed by atoms with Gasteiger partial charge in [-0.15, -0.1) is 6.58 Å². The van der Waals surface area contributed by atoms with E-state index in [0.717, 1.165) is 5.56 Å². The smallest absolute Gasteiger partial charge is 0.256 e. The number of sulfonamides is 1. The van der Waals surface area contributed by atoms with Gasteiger partial charge in [0.2, 0.25) is 10.0 Å². The van der Waals surface area contributed by atoms with Crippen LogP contribution in [0.2, 0.25) is 0 Å². The topological polar surface area (TPSA) is 93.1 Å². The van der Waals surface area contributed by atoms with Crippen LogP contribution in [0.15, 0.2) is 78.3 Å². The third kappa shape index (κ3) is 5.72. The SMILES string of the molecule is C=CCNS(=O)(=O)c1ccc(C(=O)Nc2ccnn2Cc2ccc(C(C)(C)C)cc2)cc1. The second kappa shape index (κ2) is 9.50. The number of benzene rings is 2. The van der Waals surface area contributed by atoms with Gasteiger partial charge in [-0.2, -0.15) is 5.10 Å². The molecule has 3 rings (SSSR count). The summed E-state index contributed by atoms with van der Waals surface area (Å²) in [5, 5.41) is 7.15. The summed E-state index contributed by atoms with van der Waals surface area (Å²) in [4.78, 5) is 12.8. The maximum Gasteiger partial charge on any atom is 0.256 e. The maximum atomic E-state index is 12.7. The third-order valence-corrected chi connectivity index (χ3v) is 6.39. The Balaban J connectivity index is 1.69. The third-order valence-electron chi connectivity index (χ3n) is 4.95. The molecule has 3 aromatic rings. The van der Waals surface area contributed by atoms with Crippen LogP contribution in [0, 0.1) is 0 Å². The fourth-order valence-electron chi connectivity index (χ4n) is 3.07. The van der Waals surface area contributed by atoms with Crippen LogP contribution in [-0.2, 0) is 22.0 Å². The quantitative estimate of drug-likeness (QED) is 0.506. The minimum atomic E-state index is -3.64. The molecule has 0 radical (unpaired) electrons. The van der Waals surface area contributed by atoms with Crippen LogP contribution in [-0.4, -0.2) is 30.7 Å². The van der Waals surface area contributed by atoms with E-state index in [0.29, 0.717) is 17.9 Å². The van der Waals surface area contributed by atoms with Crippen LogP contribution in [0.1, 0.15) is 42.3 Å². The van der Waals surface area contributed by atoms with Gasteiger partial charge in [-0.3, -0.25) is 4.79 Å². The molecule has 0 spiro atoms. The Kier molecular flexibility index (Phi) is 6.96. The van der Waals surface area contributed by atoms with E-state index in [9.17, 15) is 13.2 Å². The first-order valence-electron chi connectivity index (χ1n) is 10.2. The fourth-order valence-corrected chi connectivity index (χ4v) is 4.07. The number of amides is 1. The highest BCUT2D eigenvalue weighted by molar-refractivity contribution is 7.89. The summed E-state index contributed by atoms with van der Waals surface area (Å²) in [7, 11) is -3.64. The minimum absolute atomic E-state index is 0.0830. The number of nitrogens with zero attached hydrogens (tertiary/aromatic N) is 2. The van der Waals surface area contributed by atoms with E-state index < -0.39 is 10.0 Å². The lowest BCUT2D eigenvalue weighted by Gasteiger charge is -2.19. The molecule has 0 aliphatic rings. The van der Waals surface area contributed by atoms with Crippen molar-refractivity contribution >= 4 is 21.7 Å². The highest BCUT2D eigenvalue weighted by Gasteiger charge is 2.16. The van der Waals surface area contributed by atoms with Crippen molar-refractivity contribution in [2.24, 2.45) is 0 Å². The van der Waals surface area contributed by atoms with Crippen LogP contribution in [0.4, 0.5) is 5.82 Å². The zero-order valence-electron chi connectivity index (χ0n) is 18.5. The van der Waals surface area contributed by atoms with Crippen LogP contribution in [0.25, 0.3) is 0 Å². The van der Waals surface area contributed by atoms with Crippen molar-refractivity contribution in [3.8, 4) is 0 Å². The van der Waals surface area contributed by atoms with Gasteiger partial charge in [0.1, 0.15) is 5.82 Å². The first-order valence-corrected chi connectivity index (χ1v) is 11.7. The number of hydrogen-bond acceptors (Lipinski definition) is 4. The average Bonchev–Trinajstić information content (AvgIpc) is 3.18. The van der Waals surface area contributed by atoms with Crippen LogP contribution < -0.4 is 10.0 Å².